The van der Waals surface area contributed by atoms with Gasteiger partial charge in [-0.1, -0.05) is 24.3 Å². The van der Waals surface area contributed by atoms with E-state index in [2.05, 4.69) is 10.3 Å². The Hall–Kier alpha value is -2.42. The molecule has 90 valence electrons. The average Bonchev–Trinajstić information content (AvgIpc) is 2.42. The average molecular weight is 238 g/mol. The van der Waals surface area contributed by atoms with Gasteiger partial charge in [-0.05, 0) is 37.3 Å². The molecule has 1 aromatic heterocycles. The second-order valence-corrected chi connectivity index (χ2v) is 3.76. The van der Waals surface area contributed by atoms with Crippen molar-refractivity contribution in [1.29, 1.82) is 0 Å². The van der Waals surface area contributed by atoms with E-state index < -0.39 is 0 Å². The zero-order valence-electron chi connectivity index (χ0n) is 10.1. The highest BCUT2D eigenvalue weighted by atomic mass is 16.1. The summed E-state index contributed by atoms with van der Waals surface area (Å²) in [5.41, 5.74) is 2.10. The topological polar surface area (TPSA) is 42.0 Å². The Morgan fingerprint density at radius 2 is 1.94 bits per heavy atom. The number of aromatic nitrogens is 1. The van der Waals surface area contributed by atoms with E-state index in [0.717, 1.165) is 5.69 Å². The highest BCUT2D eigenvalue weighted by molar-refractivity contribution is 6.04. The molecule has 0 spiro atoms. The zero-order chi connectivity index (χ0) is 12.8. The fourth-order valence-corrected chi connectivity index (χ4v) is 1.60. The number of nitrogens with zero attached hydrogens (tertiary/aromatic N) is 1. The van der Waals surface area contributed by atoms with Gasteiger partial charge in [-0.2, -0.15) is 0 Å². The van der Waals surface area contributed by atoms with E-state index in [4.69, 9.17) is 0 Å². The highest BCUT2D eigenvalue weighted by Gasteiger charge is 2.07. The van der Waals surface area contributed by atoms with Crippen LogP contribution < -0.4 is 5.32 Å². The van der Waals surface area contributed by atoms with Crippen LogP contribution in [-0.4, -0.2) is 10.9 Å². The predicted octanol–water partition coefficient (Wildman–Crippen LogP) is 3.37. The normalized spacial score (nSPS) is 10.5. The van der Waals surface area contributed by atoms with Crippen molar-refractivity contribution in [3.05, 3.63) is 66.0 Å². The van der Waals surface area contributed by atoms with Gasteiger partial charge in [0.1, 0.15) is 0 Å². The van der Waals surface area contributed by atoms with E-state index in [1.54, 1.807) is 24.4 Å². The molecule has 0 bridgehead atoms. The number of amides is 1. The van der Waals surface area contributed by atoms with Crippen LogP contribution in [0.25, 0.3) is 6.08 Å². The molecule has 0 atom stereocenters. The first-order valence-corrected chi connectivity index (χ1v) is 5.75. The van der Waals surface area contributed by atoms with Crippen LogP contribution in [0.2, 0.25) is 0 Å². The third-order valence-electron chi connectivity index (χ3n) is 2.45. The molecule has 1 heterocycles. The Kier molecular flexibility index (Phi) is 3.86. The third-order valence-corrected chi connectivity index (χ3v) is 2.45. The molecule has 3 nitrogen and oxygen atoms in total. The summed E-state index contributed by atoms with van der Waals surface area (Å²) in [4.78, 5) is 16.2. The first-order valence-electron chi connectivity index (χ1n) is 5.75. The smallest absolute Gasteiger partial charge is 0.255 e. The minimum absolute atomic E-state index is 0.130. The molecule has 3 heteroatoms. The Morgan fingerprint density at radius 1 is 1.17 bits per heavy atom. The number of hydrogen-bond donors (Lipinski definition) is 1. The number of nitrogens with one attached hydrogen (secondary N) is 1. The maximum Gasteiger partial charge on any atom is 0.255 e. The molecular weight excluding hydrogens is 224 g/mol. The summed E-state index contributed by atoms with van der Waals surface area (Å²) in [7, 11) is 0. The summed E-state index contributed by atoms with van der Waals surface area (Å²) in [6.45, 7) is 1.91. The number of carbonyl (C=O) groups excluding carboxylic acids is 1. The second kappa shape index (κ2) is 5.77. The summed E-state index contributed by atoms with van der Waals surface area (Å²) >= 11 is 0. The largest absolute Gasteiger partial charge is 0.320 e. The molecule has 18 heavy (non-hydrogen) atoms. The van der Waals surface area contributed by atoms with Crippen molar-refractivity contribution in [2.45, 2.75) is 6.92 Å². The zero-order valence-corrected chi connectivity index (χ0v) is 10.1. The molecule has 0 saturated carbocycles. The quantitative estimate of drug-likeness (QED) is 0.890. The predicted molar refractivity (Wildman–Crippen MR) is 73.3 cm³/mol. The maximum absolute atomic E-state index is 12.0. The fraction of sp³-hybridized carbons (Fsp3) is 0.0667. The summed E-state index contributed by atoms with van der Waals surface area (Å²) in [6.07, 6.45) is 5.45. The monoisotopic (exact) mass is 238 g/mol. The Bertz CT molecular complexity index is 562. The lowest BCUT2D eigenvalue weighted by Crippen LogP contribution is -2.12. The maximum atomic E-state index is 12.0. The van der Waals surface area contributed by atoms with Crippen LogP contribution in [0.5, 0.6) is 0 Å². The SMILES string of the molecule is C/C=C\c1ncccc1NC(=O)c1ccccc1. The summed E-state index contributed by atoms with van der Waals surface area (Å²) in [6, 6.07) is 12.8. The fourth-order valence-electron chi connectivity index (χ4n) is 1.60. The van der Waals surface area contributed by atoms with E-state index in [1.165, 1.54) is 0 Å². The van der Waals surface area contributed by atoms with Crippen molar-refractivity contribution >= 4 is 17.7 Å². The van der Waals surface area contributed by atoms with Crippen LogP contribution in [0.3, 0.4) is 0 Å². The molecule has 1 amide bonds. The van der Waals surface area contributed by atoms with Crippen LogP contribution >= 0.6 is 0 Å². The summed E-state index contributed by atoms with van der Waals surface area (Å²) in [5.74, 6) is -0.130. The third kappa shape index (κ3) is 2.83. The lowest BCUT2D eigenvalue weighted by atomic mass is 10.2. The van der Waals surface area contributed by atoms with Gasteiger partial charge in [-0.15, -0.1) is 0 Å². The Morgan fingerprint density at radius 3 is 2.67 bits per heavy atom. The van der Waals surface area contributed by atoms with Crippen molar-refractivity contribution in [2.24, 2.45) is 0 Å². The molecule has 0 radical (unpaired) electrons. The van der Waals surface area contributed by atoms with Gasteiger partial charge >= 0.3 is 0 Å². The van der Waals surface area contributed by atoms with Crippen molar-refractivity contribution in [1.82, 2.24) is 4.98 Å². The Balaban J connectivity index is 2.22. The molecule has 0 aliphatic rings. The van der Waals surface area contributed by atoms with Gasteiger partial charge in [0.05, 0.1) is 11.4 Å². The first kappa shape index (κ1) is 12.0. The van der Waals surface area contributed by atoms with E-state index >= 15 is 0 Å². The number of anilines is 1. The molecule has 0 fully saturated rings. The van der Waals surface area contributed by atoms with Gasteiger partial charge in [0.25, 0.3) is 5.91 Å². The van der Waals surface area contributed by atoms with Crippen LogP contribution in [-0.2, 0) is 0 Å². The van der Waals surface area contributed by atoms with Crippen LogP contribution in [0, 0.1) is 0 Å². The van der Waals surface area contributed by atoms with Gasteiger partial charge in [0.15, 0.2) is 0 Å². The molecule has 1 aromatic carbocycles. The molecule has 0 aliphatic carbocycles. The van der Waals surface area contributed by atoms with E-state index in [-0.39, 0.29) is 5.91 Å². The van der Waals surface area contributed by atoms with Gasteiger partial charge in [0, 0.05) is 11.8 Å². The van der Waals surface area contributed by atoms with Crippen LogP contribution in [0.15, 0.2) is 54.7 Å². The van der Waals surface area contributed by atoms with E-state index in [1.807, 2.05) is 43.3 Å². The van der Waals surface area contributed by atoms with Crippen molar-refractivity contribution in [3.8, 4) is 0 Å². The standard InChI is InChI=1S/C15H14N2O/c1-2-7-13-14(10-6-11-16-13)17-15(18)12-8-4-3-5-9-12/h2-11H,1H3,(H,17,18)/b7-2-. The second-order valence-electron chi connectivity index (χ2n) is 3.76. The molecule has 0 aliphatic heterocycles. The minimum Gasteiger partial charge on any atom is -0.320 e. The number of hydrogen-bond acceptors (Lipinski definition) is 2. The molecule has 0 saturated heterocycles. The minimum atomic E-state index is -0.130. The first-order chi connectivity index (χ1) is 8.81. The number of carbonyl (C=O) groups is 1. The summed E-state index contributed by atoms with van der Waals surface area (Å²) < 4.78 is 0. The van der Waals surface area contributed by atoms with Gasteiger partial charge in [0.2, 0.25) is 0 Å². The Labute approximate surface area is 106 Å². The van der Waals surface area contributed by atoms with Crippen LogP contribution in [0.4, 0.5) is 5.69 Å². The highest BCUT2D eigenvalue weighted by Crippen LogP contribution is 2.15. The van der Waals surface area contributed by atoms with Gasteiger partial charge in [-0.25, -0.2) is 0 Å². The summed E-state index contributed by atoms with van der Waals surface area (Å²) in [5, 5.41) is 2.86. The van der Waals surface area contributed by atoms with E-state index in [0.29, 0.717) is 11.3 Å². The number of allylic oxidation sites excluding steroid dienone is 1. The molecule has 2 aromatic rings. The lowest BCUT2D eigenvalue weighted by molar-refractivity contribution is 0.102. The van der Waals surface area contributed by atoms with Gasteiger partial charge < -0.3 is 5.32 Å². The molecular formula is C15H14N2O. The van der Waals surface area contributed by atoms with Crippen molar-refractivity contribution in [2.75, 3.05) is 5.32 Å². The van der Waals surface area contributed by atoms with Crippen LogP contribution in [0.1, 0.15) is 23.0 Å². The molecule has 2 rings (SSSR count). The van der Waals surface area contributed by atoms with Gasteiger partial charge in [-0.3, -0.25) is 9.78 Å². The number of benzene rings is 1. The number of rotatable bonds is 3. The van der Waals surface area contributed by atoms with E-state index in [9.17, 15) is 4.79 Å². The molecule has 1 N–H and O–H groups in total. The lowest BCUT2D eigenvalue weighted by Gasteiger charge is -2.07. The van der Waals surface area contributed by atoms with Crippen molar-refractivity contribution in [3.63, 3.8) is 0 Å². The van der Waals surface area contributed by atoms with Crippen molar-refractivity contribution < 1.29 is 4.79 Å². The number of pyridine rings is 1. The molecule has 0 unspecified atom stereocenters.